The molecule has 8 heteroatoms. The van der Waals surface area contributed by atoms with Crippen molar-refractivity contribution in [3.05, 3.63) is 0 Å². The number of oxime groups is 1. The van der Waals surface area contributed by atoms with Crippen LogP contribution in [0.15, 0.2) is 5.16 Å². The van der Waals surface area contributed by atoms with E-state index in [1.54, 1.807) is 4.90 Å². The third-order valence-corrected chi connectivity index (χ3v) is 2.98. The Hall–Kier alpha value is -1.02. The van der Waals surface area contributed by atoms with Crippen LogP contribution in [0.2, 0.25) is 0 Å². The van der Waals surface area contributed by atoms with Gasteiger partial charge >= 0.3 is 6.36 Å². The van der Waals surface area contributed by atoms with Gasteiger partial charge in [0.25, 0.3) is 0 Å². The maximum Gasteiger partial charge on any atom is 0.522 e. The molecule has 0 atom stereocenters. The second kappa shape index (κ2) is 6.79. The van der Waals surface area contributed by atoms with Gasteiger partial charge in [-0.3, -0.25) is 9.64 Å². The molecule has 1 aliphatic rings. The number of halogens is 3. The van der Waals surface area contributed by atoms with Gasteiger partial charge in [-0.1, -0.05) is 18.0 Å². The van der Waals surface area contributed by atoms with Crippen LogP contribution in [0, 0.1) is 0 Å². The van der Waals surface area contributed by atoms with Gasteiger partial charge in [0.1, 0.15) is 0 Å². The van der Waals surface area contributed by atoms with Crippen molar-refractivity contribution >= 4 is 5.84 Å². The zero-order valence-corrected chi connectivity index (χ0v) is 9.99. The first-order valence-electron chi connectivity index (χ1n) is 5.83. The summed E-state index contributed by atoms with van der Waals surface area (Å²) in [6, 6.07) is 0.183. The molecule has 0 aromatic rings. The predicted molar refractivity (Wildman–Crippen MR) is 59.2 cm³/mol. The van der Waals surface area contributed by atoms with Crippen LogP contribution in [-0.4, -0.2) is 48.0 Å². The standard InChI is InChI=1S/C10H18F3N3O2/c11-10(12,13)18-6-5-16(7-9(14)15-17)8-3-1-2-4-8/h8,17H,1-7H2,(H2,14,15). The van der Waals surface area contributed by atoms with Gasteiger partial charge in [0, 0.05) is 12.6 Å². The van der Waals surface area contributed by atoms with E-state index >= 15 is 0 Å². The molecule has 5 nitrogen and oxygen atoms in total. The van der Waals surface area contributed by atoms with E-state index < -0.39 is 13.0 Å². The van der Waals surface area contributed by atoms with Crippen molar-refractivity contribution in [1.29, 1.82) is 0 Å². The molecule has 0 aliphatic heterocycles. The summed E-state index contributed by atoms with van der Waals surface area (Å²) in [5, 5.41) is 11.4. The molecule has 1 fully saturated rings. The Morgan fingerprint density at radius 3 is 2.50 bits per heavy atom. The molecule has 0 heterocycles. The molecule has 3 N–H and O–H groups in total. The molecule has 1 rings (SSSR count). The summed E-state index contributed by atoms with van der Waals surface area (Å²) in [5.74, 6) is -0.00564. The van der Waals surface area contributed by atoms with Crippen LogP contribution in [-0.2, 0) is 4.74 Å². The van der Waals surface area contributed by atoms with Crippen LogP contribution in [0.5, 0.6) is 0 Å². The fourth-order valence-electron chi connectivity index (χ4n) is 2.18. The number of hydrogen-bond donors (Lipinski definition) is 2. The maximum absolute atomic E-state index is 11.9. The Balaban J connectivity index is 2.44. The fraction of sp³-hybridized carbons (Fsp3) is 0.900. The van der Waals surface area contributed by atoms with Crippen molar-refractivity contribution in [1.82, 2.24) is 4.90 Å². The predicted octanol–water partition coefficient (Wildman–Crippen LogP) is 1.51. The molecule has 0 unspecified atom stereocenters. The lowest BCUT2D eigenvalue weighted by Crippen LogP contribution is -2.42. The monoisotopic (exact) mass is 269 g/mol. The Bertz CT molecular complexity index is 278. The minimum absolute atomic E-state index is 0.00564. The summed E-state index contributed by atoms with van der Waals surface area (Å²) >= 11 is 0. The van der Waals surface area contributed by atoms with E-state index in [0.717, 1.165) is 25.7 Å². The topological polar surface area (TPSA) is 71.1 Å². The average Bonchev–Trinajstić information content (AvgIpc) is 2.79. The number of amidine groups is 1. The molecule has 1 aliphatic carbocycles. The molecule has 1 saturated carbocycles. The van der Waals surface area contributed by atoms with Crippen LogP contribution in [0.1, 0.15) is 25.7 Å². The molecule has 106 valence electrons. The normalized spacial score (nSPS) is 18.8. The summed E-state index contributed by atoms with van der Waals surface area (Å²) in [5.41, 5.74) is 5.39. The van der Waals surface area contributed by atoms with Crippen molar-refractivity contribution in [3.63, 3.8) is 0 Å². The molecule has 0 spiro atoms. The van der Waals surface area contributed by atoms with Crippen molar-refractivity contribution in [3.8, 4) is 0 Å². The van der Waals surface area contributed by atoms with E-state index in [0.29, 0.717) is 0 Å². The zero-order chi connectivity index (χ0) is 13.6. The lowest BCUT2D eigenvalue weighted by molar-refractivity contribution is -0.325. The number of hydrogen-bond acceptors (Lipinski definition) is 4. The van der Waals surface area contributed by atoms with Gasteiger partial charge in [-0.05, 0) is 12.8 Å². The second-order valence-corrected chi connectivity index (χ2v) is 4.29. The molecule has 0 aromatic carbocycles. The Morgan fingerprint density at radius 2 is 2.00 bits per heavy atom. The molecule has 18 heavy (non-hydrogen) atoms. The molecule has 0 aromatic heterocycles. The van der Waals surface area contributed by atoms with E-state index in [1.165, 1.54) is 0 Å². The maximum atomic E-state index is 11.9. The van der Waals surface area contributed by atoms with E-state index in [2.05, 4.69) is 9.89 Å². The SMILES string of the molecule is NC(CN(CCOC(F)(F)F)C1CCCC1)=NO. The van der Waals surface area contributed by atoms with E-state index in [1.807, 2.05) is 0 Å². The Morgan fingerprint density at radius 1 is 1.39 bits per heavy atom. The highest BCUT2D eigenvalue weighted by Crippen LogP contribution is 2.23. The van der Waals surface area contributed by atoms with Gasteiger partial charge in [0.15, 0.2) is 5.84 Å². The van der Waals surface area contributed by atoms with Gasteiger partial charge in [0.2, 0.25) is 0 Å². The largest absolute Gasteiger partial charge is 0.522 e. The van der Waals surface area contributed by atoms with E-state index in [9.17, 15) is 13.2 Å². The summed E-state index contributed by atoms with van der Waals surface area (Å²) in [4.78, 5) is 1.77. The highest BCUT2D eigenvalue weighted by Gasteiger charge is 2.30. The number of ether oxygens (including phenoxy) is 1. The Labute approximate surface area is 103 Å². The minimum Gasteiger partial charge on any atom is -0.409 e. The summed E-state index contributed by atoms with van der Waals surface area (Å²) in [6.45, 7) is -0.179. The van der Waals surface area contributed by atoms with Gasteiger partial charge in [-0.2, -0.15) is 0 Å². The van der Waals surface area contributed by atoms with Crippen molar-refractivity contribution in [2.75, 3.05) is 19.7 Å². The van der Waals surface area contributed by atoms with Crippen LogP contribution >= 0.6 is 0 Å². The Kier molecular flexibility index (Phi) is 5.67. The highest BCUT2D eigenvalue weighted by molar-refractivity contribution is 5.81. The summed E-state index contributed by atoms with van der Waals surface area (Å²) < 4.78 is 39.4. The van der Waals surface area contributed by atoms with E-state index in [4.69, 9.17) is 10.9 Å². The van der Waals surface area contributed by atoms with Gasteiger partial charge in [0.05, 0.1) is 13.2 Å². The molecule has 0 saturated heterocycles. The first-order valence-corrected chi connectivity index (χ1v) is 5.83. The molecular formula is C10H18F3N3O2. The number of rotatable bonds is 6. The second-order valence-electron chi connectivity index (χ2n) is 4.29. The summed E-state index contributed by atoms with van der Waals surface area (Å²) in [6.07, 6.45) is -0.664. The highest BCUT2D eigenvalue weighted by atomic mass is 19.4. The van der Waals surface area contributed by atoms with Gasteiger partial charge < -0.3 is 10.9 Å². The lowest BCUT2D eigenvalue weighted by atomic mass is 10.2. The molecule has 0 radical (unpaired) electrons. The fourth-order valence-corrected chi connectivity index (χ4v) is 2.18. The third kappa shape index (κ3) is 5.54. The van der Waals surface area contributed by atoms with Crippen molar-refractivity contribution < 1.29 is 23.1 Å². The number of nitrogens with zero attached hydrogens (tertiary/aromatic N) is 2. The first kappa shape index (κ1) is 15.0. The lowest BCUT2D eigenvalue weighted by Gasteiger charge is -2.28. The van der Waals surface area contributed by atoms with Crippen molar-refractivity contribution in [2.45, 2.75) is 38.1 Å². The summed E-state index contributed by atoms with van der Waals surface area (Å²) in [7, 11) is 0. The van der Waals surface area contributed by atoms with Crippen LogP contribution in [0.4, 0.5) is 13.2 Å². The van der Waals surface area contributed by atoms with Crippen LogP contribution in [0.3, 0.4) is 0 Å². The van der Waals surface area contributed by atoms with E-state index in [-0.39, 0.29) is 25.0 Å². The molecular weight excluding hydrogens is 251 g/mol. The zero-order valence-electron chi connectivity index (χ0n) is 9.99. The smallest absolute Gasteiger partial charge is 0.409 e. The third-order valence-electron chi connectivity index (χ3n) is 2.98. The molecule has 0 amide bonds. The van der Waals surface area contributed by atoms with Gasteiger partial charge in [-0.25, -0.2) is 0 Å². The number of nitrogens with two attached hydrogens (primary N) is 1. The minimum atomic E-state index is -4.61. The van der Waals surface area contributed by atoms with Crippen LogP contribution < -0.4 is 5.73 Å². The van der Waals surface area contributed by atoms with Crippen molar-refractivity contribution in [2.24, 2.45) is 10.9 Å². The first-order chi connectivity index (χ1) is 8.42. The van der Waals surface area contributed by atoms with Gasteiger partial charge in [-0.15, -0.1) is 13.2 Å². The molecule has 0 bridgehead atoms. The van der Waals surface area contributed by atoms with Crippen LogP contribution in [0.25, 0.3) is 0 Å². The average molecular weight is 269 g/mol. The quantitative estimate of drug-likeness (QED) is 0.332. The number of alkyl halides is 3.